The highest BCUT2D eigenvalue weighted by molar-refractivity contribution is 6.30. The lowest BCUT2D eigenvalue weighted by atomic mass is 10.1. The van der Waals surface area contributed by atoms with Crippen molar-refractivity contribution < 1.29 is 14.2 Å². The summed E-state index contributed by atoms with van der Waals surface area (Å²) < 4.78 is 22.6. The van der Waals surface area contributed by atoms with E-state index in [9.17, 15) is 9.50 Å². The Kier molecular flexibility index (Phi) is 5.07. The number of anilines is 1. The van der Waals surface area contributed by atoms with E-state index in [4.69, 9.17) is 16.3 Å². The van der Waals surface area contributed by atoms with Crippen LogP contribution < -0.4 is 9.64 Å². The molecule has 0 radical (unpaired) electrons. The summed E-state index contributed by atoms with van der Waals surface area (Å²) in [6.45, 7) is 2.18. The number of halogens is 2. The van der Waals surface area contributed by atoms with Crippen LogP contribution in [0, 0.1) is 6.92 Å². The fraction of sp³-hybridized carbons (Fsp3) is 0.421. The second-order valence-electron chi connectivity index (χ2n) is 6.93. The number of alkyl halides is 1. The van der Waals surface area contributed by atoms with Crippen molar-refractivity contribution in [2.45, 2.75) is 32.2 Å². The number of rotatable bonds is 4. The lowest BCUT2D eigenvalue weighted by Crippen LogP contribution is -2.47. The summed E-state index contributed by atoms with van der Waals surface area (Å²) in [6, 6.07) is 5.64. The molecule has 1 fully saturated rings. The van der Waals surface area contributed by atoms with E-state index in [0.717, 1.165) is 10.9 Å². The molecule has 1 saturated heterocycles. The molecular formula is C19H21ClFN5O2. The van der Waals surface area contributed by atoms with Gasteiger partial charge in [0.1, 0.15) is 29.4 Å². The lowest BCUT2D eigenvalue weighted by molar-refractivity contribution is 0.0819. The molecule has 3 aromatic rings. The summed E-state index contributed by atoms with van der Waals surface area (Å²) >= 11 is 6.12. The Balaban J connectivity index is 1.48. The van der Waals surface area contributed by atoms with E-state index >= 15 is 0 Å². The quantitative estimate of drug-likeness (QED) is 0.673. The maximum atomic E-state index is 14.9. The van der Waals surface area contributed by atoms with Crippen molar-refractivity contribution in [1.82, 2.24) is 19.7 Å². The van der Waals surface area contributed by atoms with Crippen molar-refractivity contribution in [3.8, 4) is 5.75 Å². The van der Waals surface area contributed by atoms with Gasteiger partial charge in [-0.3, -0.25) is 4.68 Å². The molecule has 0 aliphatic carbocycles. The number of ether oxygens (including phenoxy) is 1. The molecule has 148 valence electrons. The number of hydrogen-bond acceptors (Lipinski definition) is 6. The summed E-state index contributed by atoms with van der Waals surface area (Å²) in [5.74, 6) is 1.41. The molecule has 28 heavy (non-hydrogen) atoms. The molecule has 2 unspecified atom stereocenters. The van der Waals surface area contributed by atoms with Crippen LogP contribution in [0.4, 0.5) is 10.2 Å². The second kappa shape index (κ2) is 7.52. The van der Waals surface area contributed by atoms with Crippen molar-refractivity contribution >= 4 is 28.3 Å². The normalized spacial score (nSPS) is 20.0. The Bertz CT molecular complexity index is 1010. The predicted octanol–water partition coefficient (Wildman–Crippen LogP) is 2.81. The summed E-state index contributed by atoms with van der Waals surface area (Å²) in [4.78, 5) is 10.2. The van der Waals surface area contributed by atoms with Crippen LogP contribution in [0.5, 0.6) is 5.75 Å². The van der Waals surface area contributed by atoms with E-state index in [1.54, 1.807) is 17.8 Å². The lowest BCUT2D eigenvalue weighted by Gasteiger charge is -2.36. The number of aromatic nitrogens is 4. The first-order valence-corrected chi connectivity index (χ1v) is 9.45. The first-order valence-electron chi connectivity index (χ1n) is 9.07. The Hall–Kier alpha value is -2.45. The summed E-state index contributed by atoms with van der Waals surface area (Å²) in [6.07, 6.45) is 0.532. The Labute approximate surface area is 166 Å². The van der Waals surface area contributed by atoms with Crippen LogP contribution in [0.2, 0.25) is 5.15 Å². The van der Waals surface area contributed by atoms with E-state index in [-0.39, 0.29) is 24.1 Å². The monoisotopic (exact) mass is 405 g/mol. The number of aryl methyl sites for hydroxylation is 1. The molecule has 9 heteroatoms. The molecule has 1 aliphatic rings. The SMILES string of the molecule is Cc1c(Cl)nc(CO)nc1N1CCC(Oc2ccc3c(cnn3C)c2)C(F)C1. The van der Waals surface area contributed by atoms with Crippen LogP contribution in [-0.4, -0.2) is 50.2 Å². The van der Waals surface area contributed by atoms with Gasteiger partial charge in [0, 0.05) is 31.0 Å². The largest absolute Gasteiger partial charge is 0.487 e. The molecule has 0 spiro atoms. The average molecular weight is 406 g/mol. The van der Waals surface area contributed by atoms with E-state index in [0.29, 0.717) is 30.1 Å². The highest BCUT2D eigenvalue weighted by Gasteiger charge is 2.32. The van der Waals surface area contributed by atoms with Crippen LogP contribution in [0.25, 0.3) is 10.9 Å². The number of fused-ring (bicyclic) bond motifs is 1. The second-order valence-corrected chi connectivity index (χ2v) is 7.29. The van der Waals surface area contributed by atoms with E-state index < -0.39 is 12.3 Å². The molecule has 3 heterocycles. The van der Waals surface area contributed by atoms with Crippen LogP contribution in [0.15, 0.2) is 24.4 Å². The van der Waals surface area contributed by atoms with Gasteiger partial charge in [0.25, 0.3) is 0 Å². The van der Waals surface area contributed by atoms with Crippen LogP contribution in [0.1, 0.15) is 17.8 Å². The maximum absolute atomic E-state index is 14.9. The van der Waals surface area contributed by atoms with Gasteiger partial charge in [-0.15, -0.1) is 0 Å². The third-order valence-corrected chi connectivity index (χ3v) is 5.40. The number of nitrogens with zero attached hydrogens (tertiary/aromatic N) is 5. The average Bonchev–Trinajstić information content (AvgIpc) is 3.06. The number of aliphatic hydroxyl groups is 1. The number of hydrogen-bond donors (Lipinski definition) is 1. The Morgan fingerprint density at radius 3 is 2.93 bits per heavy atom. The van der Waals surface area contributed by atoms with Crippen molar-refractivity contribution in [1.29, 1.82) is 0 Å². The van der Waals surface area contributed by atoms with Gasteiger partial charge in [-0.05, 0) is 25.1 Å². The summed E-state index contributed by atoms with van der Waals surface area (Å²) in [7, 11) is 1.87. The zero-order chi connectivity index (χ0) is 19.8. The minimum absolute atomic E-state index is 0.138. The molecule has 0 bridgehead atoms. The Morgan fingerprint density at radius 1 is 1.36 bits per heavy atom. The number of aliphatic hydroxyl groups excluding tert-OH is 1. The Morgan fingerprint density at radius 2 is 2.18 bits per heavy atom. The number of benzene rings is 1. The van der Waals surface area contributed by atoms with Gasteiger partial charge in [0.15, 0.2) is 12.0 Å². The van der Waals surface area contributed by atoms with Gasteiger partial charge in [0.2, 0.25) is 0 Å². The predicted molar refractivity (Wildman–Crippen MR) is 105 cm³/mol. The minimum atomic E-state index is -1.19. The molecule has 0 amide bonds. The van der Waals surface area contributed by atoms with E-state index in [1.165, 1.54) is 0 Å². The molecule has 2 atom stereocenters. The molecule has 4 rings (SSSR count). The first-order chi connectivity index (χ1) is 13.5. The van der Waals surface area contributed by atoms with Crippen molar-refractivity contribution in [3.63, 3.8) is 0 Å². The van der Waals surface area contributed by atoms with Gasteiger partial charge in [-0.1, -0.05) is 11.6 Å². The molecule has 0 saturated carbocycles. The molecule has 7 nitrogen and oxygen atoms in total. The topological polar surface area (TPSA) is 76.3 Å². The highest BCUT2D eigenvalue weighted by Crippen LogP contribution is 2.29. The maximum Gasteiger partial charge on any atom is 0.157 e. The highest BCUT2D eigenvalue weighted by atomic mass is 35.5. The smallest absolute Gasteiger partial charge is 0.157 e. The third-order valence-electron chi connectivity index (χ3n) is 5.03. The van der Waals surface area contributed by atoms with Crippen LogP contribution >= 0.6 is 11.6 Å². The van der Waals surface area contributed by atoms with E-state index in [1.807, 2.05) is 30.1 Å². The third kappa shape index (κ3) is 3.49. The molecule has 1 aliphatic heterocycles. The van der Waals surface area contributed by atoms with Crippen molar-refractivity contribution in [2.75, 3.05) is 18.0 Å². The number of piperidine rings is 1. The molecule has 2 aromatic heterocycles. The van der Waals surface area contributed by atoms with Crippen LogP contribution in [0.3, 0.4) is 0 Å². The molecule has 1 aromatic carbocycles. The van der Waals surface area contributed by atoms with Gasteiger partial charge in [0.05, 0.1) is 18.3 Å². The fourth-order valence-corrected chi connectivity index (χ4v) is 3.68. The minimum Gasteiger partial charge on any atom is -0.487 e. The summed E-state index contributed by atoms with van der Waals surface area (Å²) in [5.41, 5.74) is 1.67. The van der Waals surface area contributed by atoms with Gasteiger partial charge in [-0.2, -0.15) is 5.10 Å². The van der Waals surface area contributed by atoms with Gasteiger partial charge >= 0.3 is 0 Å². The standard InChI is InChI=1S/C19H21ClFN5O2/c1-11-18(20)23-17(10-27)24-19(11)26-6-5-16(14(21)9-26)28-13-3-4-15-12(7-13)8-22-25(15)2/h3-4,7-8,14,16,27H,5-6,9-10H2,1-2H3. The zero-order valence-corrected chi connectivity index (χ0v) is 16.4. The molecular weight excluding hydrogens is 385 g/mol. The molecule has 1 N–H and O–H groups in total. The summed E-state index contributed by atoms with van der Waals surface area (Å²) in [5, 5.41) is 14.7. The zero-order valence-electron chi connectivity index (χ0n) is 15.6. The van der Waals surface area contributed by atoms with Crippen LogP contribution in [-0.2, 0) is 13.7 Å². The van der Waals surface area contributed by atoms with Gasteiger partial charge < -0.3 is 14.7 Å². The fourth-order valence-electron chi connectivity index (χ4n) is 3.50. The first kappa shape index (κ1) is 18.9. The van der Waals surface area contributed by atoms with Crippen molar-refractivity contribution in [3.05, 3.63) is 40.9 Å². The van der Waals surface area contributed by atoms with E-state index in [2.05, 4.69) is 15.1 Å². The van der Waals surface area contributed by atoms with Crippen molar-refractivity contribution in [2.24, 2.45) is 7.05 Å². The van der Waals surface area contributed by atoms with Gasteiger partial charge in [-0.25, -0.2) is 14.4 Å².